The van der Waals surface area contributed by atoms with Gasteiger partial charge in [-0.15, -0.1) is 0 Å². The molecule has 3 rings (SSSR count). The second-order valence-corrected chi connectivity index (χ2v) is 9.58. The van der Waals surface area contributed by atoms with Crippen LogP contribution in [-0.4, -0.2) is 22.3 Å². The molecule has 1 aromatic heterocycles. The molecule has 2 aromatic carbocycles. The number of rotatable bonds is 5. The fourth-order valence-corrected chi connectivity index (χ4v) is 5.85. The quantitative estimate of drug-likeness (QED) is 0.424. The van der Waals surface area contributed by atoms with Gasteiger partial charge in [0.05, 0.1) is 16.4 Å². The van der Waals surface area contributed by atoms with Crippen molar-refractivity contribution < 1.29 is 18.9 Å². The number of halogens is 2. The van der Waals surface area contributed by atoms with Crippen molar-refractivity contribution in [1.82, 2.24) is 4.98 Å². The van der Waals surface area contributed by atoms with Gasteiger partial charge in [0.2, 0.25) is 0 Å². The predicted molar refractivity (Wildman–Crippen MR) is 112 cm³/mol. The monoisotopic (exact) mass is 431 g/mol. The second kappa shape index (κ2) is 7.84. The van der Waals surface area contributed by atoms with Gasteiger partial charge in [-0.05, 0) is 48.4 Å². The fourth-order valence-electron chi connectivity index (χ4n) is 3.26. The van der Waals surface area contributed by atoms with Crippen LogP contribution in [-0.2, 0) is 4.57 Å². The Morgan fingerprint density at radius 1 is 1.41 bits per heavy atom. The SMILES string of the molecule is Cc1cc(/C=C/C#N)cc([P@](=O)(CO)c2c(C(N)=O)[nH]c3ccc(Cl)c(F)c23)c1. The molecule has 148 valence electrons. The third kappa shape index (κ3) is 3.58. The number of carbonyl (C=O) groups is 1. The number of aromatic nitrogens is 1. The maximum Gasteiger partial charge on any atom is 0.265 e. The summed E-state index contributed by atoms with van der Waals surface area (Å²) in [6, 6.07) is 9.45. The van der Waals surface area contributed by atoms with Crippen LogP contribution in [0.1, 0.15) is 21.6 Å². The lowest BCUT2D eigenvalue weighted by Gasteiger charge is -2.19. The standard InChI is InChI=1S/C20H16ClFN3O3P/c1-11-7-12(3-2-6-23)9-13(8-11)29(28,10-26)19-16-15(25-18(19)20(24)27)5-4-14(21)17(16)22/h2-5,7-9,25-26H,10H2,1H3,(H2,24,27)/b3-2+/t29-/m1/s1. The molecule has 3 aromatic rings. The molecule has 29 heavy (non-hydrogen) atoms. The number of hydrogen-bond acceptors (Lipinski definition) is 4. The number of aryl methyl sites for hydroxylation is 1. The number of carbonyl (C=O) groups excluding carboxylic acids is 1. The highest BCUT2D eigenvalue weighted by Gasteiger charge is 2.36. The molecule has 9 heteroatoms. The number of aromatic amines is 1. The van der Waals surface area contributed by atoms with E-state index in [2.05, 4.69) is 4.98 Å². The average Bonchev–Trinajstić information content (AvgIpc) is 3.09. The van der Waals surface area contributed by atoms with Crippen molar-refractivity contribution in [2.45, 2.75) is 6.92 Å². The fraction of sp³-hybridized carbons (Fsp3) is 0.100. The Morgan fingerprint density at radius 3 is 2.76 bits per heavy atom. The number of amides is 1. The Bertz CT molecular complexity index is 1260. The first-order chi connectivity index (χ1) is 13.7. The van der Waals surface area contributed by atoms with Gasteiger partial charge in [0.15, 0.2) is 13.0 Å². The summed E-state index contributed by atoms with van der Waals surface area (Å²) in [4.78, 5) is 14.7. The highest BCUT2D eigenvalue weighted by atomic mass is 35.5. The molecule has 0 aliphatic heterocycles. The van der Waals surface area contributed by atoms with Crippen LogP contribution < -0.4 is 16.3 Å². The third-order valence-electron chi connectivity index (χ3n) is 4.49. The number of aliphatic hydroxyl groups excluding tert-OH is 1. The molecule has 0 fully saturated rings. The van der Waals surface area contributed by atoms with E-state index in [1.165, 1.54) is 30.4 Å². The number of benzene rings is 2. The number of allylic oxidation sites excluding steroid dienone is 1. The molecule has 0 bridgehead atoms. The van der Waals surface area contributed by atoms with Crippen molar-refractivity contribution in [2.75, 3.05) is 6.35 Å². The van der Waals surface area contributed by atoms with Crippen molar-refractivity contribution in [3.63, 3.8) is 0 Å². The molecular weight excluding hydrogens is 416 g/mol. The van der Waals surface area contributed by atoms with E-state index in [1.54, 1.807) is 19.1 Å². The highest BCUT2D eigenvalue weighted by Crippen LogP contribution is 2.46. The summed E-state index contributed by atoms with van der Waals surface area (Å²) >= 11 is 5.90. The maximum absolute atomic E-state index is 14.9. The van der Waals surface area contributed by atoms with Gasteiger partial charge >= 0.3 is 0 Å². The van der Waals surface area contributed by atoms with Crippen LogP contribution in [0.3, 0.4) is 0 Å². The minimum atomic E-state index is -3.92. The van der Waals surface area contributed by atoms with Crippen LogP contribution in [0.15, 0.2) is 36.4 Å². The smallest absolute Gasteiger partial charge is 0.265 e. The number of nitriles is 1. The Labute approximate surface area is 170 Å². The lowest BCUT2D eigenvalue weighted by atomic mass is 10.1. The van der Waals surface area contributed by atoms with E-state index in [9.17, 15) is 18.9 Å². The summed E-state index contributed by atoms with van der Waals surface area (Å²) in [5.74, 6) is -1.81. The molecule has 0 saturated carbocycles. The van der Waals surface area contributed by atoms with Crippen molar-refractivity contribution in [3.05, 3.63) is 64.1 Å². The summed E-state index contributed by atoms with van der Waals surface area (Å²) in [6.45, 7) is 1.75. The van der Waals surface area contributed by atoms with E-state index in [-0.39, 0.29) is 32.2 Å². The second-order valence-electron chi connectivity index (χ2n) is 6.44. The van der Waals surface area contributed by atoms with Crippen LogP contribution in [0, 0.1) is 24.1 Å². The van der Waals surface area contributed by atoms with E-state index < -0.39 is 25.2 Å². The Hall–Kier alpha value is -2.91. The molecule has 6 nitrogen and oxygen atoms in total. The molecule has 1 heterocycles. The van der Waals surface area contributed by atoms with E-state index in [0.717, 1.165) is 0 Å². The van der Waals surface area contributed by atoms with E-state index >= 15 is 0 Å². The van der Waals surface area contributed by atoms with E-state index in [1.807, 2.05) is 6.07 Å². The van der Waals surface area contributed by atoms with Crippen LogP contribution in [0.5, 0.6) is 0 Å². The lowest BCUT2D eigenvalue weighted by Crippen LogP contribution is -2.27. The predicted octanol–water partition coefficient (Wildman–Crippen LogP) is 3.17. The molecule has 0 spiro atoms. The van der Waals surface area contributed by atoms with Crippen LogP contribution >= 0.6 is 18.7 Å². The summed E-state index contributed by atoms with van der Waals surface area (Å²) in [5, 5.41) is 18.5. The lowest BCUT2D eigenvalue weighted by molar-refractivity contribution is 0.0997. The number of fused-ring (bicyclic) bond motifs is 1. The van der Waals surface area contributed by atoms with Crippen LogP contribution in [0.4, 0.5) is 4.39 Å². The molecule has 0 unspecified atom stereocenters. The molecule has 0 aliphatic rings. The van der Waals surface area contributed by atoms with Crippen molar-refractivity contribution in [2.24, 2.45) is 5.73 Å². The van der Waals surface area contributed by atoms with Gasteiger partial charge in [-0.25, -0.2) is 4.39 Å². The van der Waals surface area contributed by atoms with Gasteiger partial charge < -0.3 is 20.4 Å². The first-order valence-electron chi connectivity index (χ1n) is 8.41. The number of nitrogens with one attached hydrogen (secondary N) is 1. The zero-order valence-corrected chi connectivity index (χ0v) is 16.9. The number of hydrogen-bond donors (Lipinski definition) is 3. The van der Waals surface area contributed by atoms with Gasteiger partial charge in [-0.2, -0.15) is 5.26 Å². The highest BCUT2D eigenvalue weighted by molar-refractivity contribution is 7.79. The number of nitrogens with zero attached hydrogens (tertiary/aromatic N) is 1. The first kappa shape index (κ1) is 20.8. The number of aliphatic hydroxyl groups is 1. The molecule has 0 radical (unpaired) electrons. The number of primary amides is 1. The third-order valence-corrected chi connectivity index (χ3v) is 7.44. The Balaban J connectivity index is 2.42. The largest absolute Gasteiger partial charge is 0.388 e. The number of nitrogens with two attached hydrogens (primary N) is 1. The average molecular weight is 432 g/mol. The van der Waals surface area contributed by atoms with Gasteiger partial charge in [-0.1, -0.05) is 17.7 Å². The molecule has 0 saturated heterocycles. The zero-order chi connectivity index (χ0) is 21.3. The summed E-state index contributed by atoms with van der Waals surface area (Å²) in [7, 11) is -3.92. The van der Waals surface area contributed by atoms with Gasteiger partial charge in [0, 0.05) is 22.3 Å². The van der Waals surface area contributed by atoms with Crippen LogP contribution in [0.25, 0.3) is 17.0 Å². The van der Waals surface area contributed by atoms with E-state index in [4.69, 9.17) is 22.6 Å². The Kier molecular flexibility index (Phi) is 5.63. The molecule has 4 N–H and O–H groups in total. The minimum Gasteiger partial charge on any atom is -0.388 e. The Morgan fingerprint density at radius 2 is 2.14 bits per heavy atom. The summed E-state index contributed by atoms with van der Waals surface area (Å²) in [6.07, 6.45) is 1.90. The van der Waals surface area contributed by atoms with Crippen molar-refractivity contribution in [1.29, 1.82) is 5.26 Å². The van der Waals surface area contributed by atoms with Crippen molar-refractivity contribution >= 4 is 52.2 Å². The van der Waals surface area contributed by atoms with Gasteiger partial charge in [0.1, 0.15) is 12.0 Å². The summed E-state index contributed by atoms with van der Waals surface area (Å²) < 4.78 is 28.9. The topological polar surface area (TPSA) is 120 Å². The minimum absolute atomic E-state index is 0.153. The molecular formula is C20H16ClFN3O3P. The van der Waals surface area contributed by atoms with Crippen molar-refractivity contribution in [3.8, 4) is 6.07 Å². The molecule has 1 amide bonds. The maximum atomic E-state index is 14.9. The van der Waals surface area contributed by atoms with Gasteiger partial charge in [0.25, 0.3) is 5.91 Å². The summed E-state index contributed by atoms with van der Waals surface area (Å²) in [5.41, 5.74) is 6.64. The van der Waals surface area contributed by atoms with E-state index in [0.29, 0.717) is 11.1 Å². The molecule has 0 aliphatic carbocycles. The first-order valence-corrected chi connectivity index (χ1v) is 10.7. The molecule has 1 atom stereocenters. The normalized spacial score (nSPS) is 13.5. The number of H-pyrrole nitrogens is 1. The van der Waals surface area contributed by atoms with Crippen LogP contribution in [0.2, 0.25) is 5.02 Å². The zero-order valence-electron chi connectivity index (χ0n) is 15.2. The van der Waals surface area contributed by atoms with Gasteiger partial charge in [-0.3, -0.25) is 4.79 Å².